The van der Waals surface area contributed by atoms with E-state index in [4.69, 9.17) is 0 Å². The third kappa shape index (κ3) is 4.78. The second kappa shape index (κ2) is 8.40. The van der Waals surface area contributed by atoms with Crippen molar-refractivity contribution in [3.63, 3.8) is 0 Å². The van der Waals surface area contributed by atoms with Crippen molar-refractivity contribution in [2.75, 3.05) is 5.32 Å². The first kappa shape index (κ1) is 19.1. The molecule has 0 atom stereocenters. The Labute approximate surface area is 172 Å². The summed E-state index contributed by atoms with van der Waals surface area (Å²) >= 11 is 1.66. The number of carbonyl (C=O) groups is 1. The molecule has 1 aromatic carbocycles. The Morgan fingerprint density at radius 3 is 2.83 bits per heavy atom. The highest BCUT2D eigenvalue weighted by atomic mass is 32.2. The molecule has 0 saturated heterocycles. The predicted octanol–water partition coefficient (Wildman–Crippen LogP) is 3.61. The van der Waals surface area contributed by atoms with Gasteiger partial charge in [-0.15, -0.1) is 16.9 Å². The van der Waals surface area contributed by atoms with E-state index in [1.165, 1.54) is 0 Å². The van der Waals surface area contributed by atoms with Crippen molar-refractivity contribution in [1.82, 2.24) is 24.6 Å². The van der Waals surface area contributed by atoms with Gasteiger partial charge in [-0.2, -0.15) is 4.98 Å². The molecule has 3 aromatic heterocycles. The number of aryl methyl sites for hydroxylation is 2. The number of anilines is 1. The summed E-state index contributed by atoms with van der Waals surface area (Å²) in [5, 5.41) is 8.28. The van der Waals surface area contributed by atoms with Gasteiger partial charge in [0.1, 0.15) is 0 Å². The van der Waals surface area contributed by atoms with Gasteiger partial charge < -0.3 is 5.32 Å². The van der Waals surface area contributed by atoms with Crippen LogP contribution >= 0.6 is 11.8 Å². The van der Waals surface area contributed by atoms with E-state index in [0.717, 1.165) is 33.4 Å². The summed E-state index contributed by atoms with van der Waals surface area (Å²) in [5.41, 5.74) is 3.67. The molecule has 3 heterocycles. The number of nitrogens with zero attached hydrogens (tertiary/aromatic N) is 5. The number of fused-ring (bicyclic) bond motifs is 1. The van der Waals surface area contributed by atoms with Gasteiger partial charge in [-0.05, 0) is 49.7 Å². The molecule has 29 heavy (non-hydrogen) atoms. The minimum atomic E-state index is -0.162. The Balaban J connectivity index is 1.40. The standard InChI is InChI=1S/C21H20N6OS/c1-14-10-15(2)27-21(23-14)25-18(26-27)12-19(28)24-17-7-5-6-16(11-17)13-29-20-8-3-4-9-22-20/h3-11H,12-13H2,1-2H3,(H,24,28). The molecule has 7 nitrogen and oxygen atoms in total. The summed E-state index contributed by atoms with van der Waals surface area (Å²) in [6.45, 7) is 3.85. The quantitative estimate of drug-likeness (QED) is 0.494. The third-order valence-corrected chi connectivity index (χ3v) is 5.23. The molecule has 8 heteroatoms. The molecule has 0 spiro atoms. The van der Waals surface area contributed by atoms with Crippen LogP contribution in [0.25, 0.3) is 5.78 Å². The van der Waals surface area contributed by atoms with Crippen LogP contribution in [-0.2, 0) is 17.0 Å². The Bertz CT molecular complexity index is 1160. The smallest absolute Gasteiger partial charge is 0.252 e. The highest BCUT2D eigenvalue weighted by Crippen LogP contribution is 2.22. The van der Waals surface area contributed by atoms with Gasteiger partial charge in [0.25, 0.3) is 5.78 Å². The molecule has 0 unspecified atom stereocenters. The van der Waals surface area contributed by atoms with E-state index >= 15 is 0 Å². The predicted molar refractivity (Wildman–Crippen MR) is 113 cm³/mol. The van der Waals surface area contributed by atoms with Crippen molar-refractivity contribution >= 4 is 29.1 Å². The number of aromatic nitrogens is 5. The number of benzene rings is 1. The van der Waals surface area contributed by atoms with E-state index in [-0.39, 0.29) is 12.3 Å². The van der Waals surface area contributed by atoms with E-state index in [2.05, 4.69) is 25.4 Å². The molecule has 0 bridgehead atoms. The van der Waals surface area contributed by atoms with E-state index in [1.54, 1.807) is 22.5 Å². The lowest BCUT2D eigenvalue weighted by molar-refractivity contribution is -0.115. The molecule has 0 radical (unpaired) electrons. The zero-order chi connectivity index (χ0) is 20.2. The third-order valence-electron chi connectivity index (χ3n) is 4.22. The fraction of sp³-hybridized carbons (Fsp3) is 0.190. The molecular weight excluding hydrogens is 384 g/mol. The van der Waals surface area contributed by atoms with Crippen molar-refractivity contribution in [3.05, 3.63) is 77.5 Å². The Kier molecular flexibility index (Phi) is 5.53. The SMILES string of the molecule is Cc1cc(C)n2nc(CC(=O)Nc3cccc(CSc4ccccn4)c3)nc2n1. The molecule has 0 aliphatic rings. The molecule has 0 saturated carbocycles. The van der Waals surface area contributed by atoms with Crippen molar-refractivity contribution < 1.29 is 4.79 Å². The molecule has 1 amide bonds. The normalized spacial score (nSPS) is 11.0. The summed E-state index contributed by atoms with van der Waals surface area (Å²) in [6.07, 6.45) is 1.87. The second-order valence-corrected chi connectivity index (χ2v) is 7.66. The first-order valence-corrected chi connectivity index (χ1v) is 10.2. The van der Waals surface area contributed by atoms with E-state index < -0.39 is 0 Å². The first-order valence-electron chi connectivity index (χ1n) is 9.19. The topological polar surface area (TPSA) is 85.1 Å². The zero-order valence-electron chi connectivity index (χ0n) is 16.2. The van der Waals surface area contributed by atoms with Gasteiger partial charge in [-0.3, -0.25) is 4.79 Å². The molecule has 0 aliphatic heterocycles. The molecule has 0 aliphatic carbocycles. The minimum absolute atomic E-state index is 0.0920. The molecule has 4 aromatic rings. The van der Waals surface area contributed by atoms with Crippen LogP contribution in [0.3, 0.4) is 0 Å². The van der Waals surface area contributed by atoms with E-state index in [9.17, 15) is 4.79 Å². The summed E-state index contributed by atoms with van der Waals surface area (Å²) in [5.74, 6) is 1.58. The fourth-order valence-electron chi connectivity index (χ4n) is 2.96. The van der Waals surface area contributed by atoms with Crippen LogP contribution in [0.15, 0.2) is 59.8 Å². The molecule has 1 N–H and O–H groups in total. The van der Waals surface area contributed by atoms with Crippen LogP contribution in [-0.4, -0.2) is 30.5 Å². The minimum Gasteiger partial charge on any atom is -0.326 e. The average molecular weight is 404 g/mol. The highest BCUT2D eigenvalue weighted by Gasteiger charge is 2.12. The van der Waals surface area contributed by atoms with Crippen LogP contribution in [0.4, 0.5) is 5.69 Å². The maximum Gasteiger partial charge on any atom is 0.252 e. The zero-order valence-corrected chi connectivity index (χ0v) is 17.0. The number of thioether (sulfide) groups is 1. The number of rotatable bonds is 6. The average Bonchev–Trinajstić information content (AvgIpc) is 3.10. The van der Waals surface area contributed by atoms with Crippen LogP contribution in [0.5, 0.6) is 0 Å². The van der Waals surface area contributed by atoms with Crippen molar-refractivity contribution in [3.8, 4) is 0 Å². The molecule has 4 rings (SSSR count). The number of pyridine rings is 1. The van der Waals surface area contributed by atoms with E-state index in [1.807, 2.05) is 62.4 Å². The number of hydrogen-bond acceptors (Lipinski definition) is 6. The summed E-state index contributed by atoms with van der Waals surface area (Å²) in [6, 6.07) is 15.6. The van der Waals surface area contributed by atoms with Gasteiger partial charge >= 0.3 is 0 Å². The lowest BCUT2D eigenvalue weighted by atomic mass is 10.2. The number of carbonyl (C=O) groups excluding carboxylic acids is 1. The second-order valence-electron chi connectivity index (χ2n) is 6.66. The van der Waals surface area contributed by atoms with Gasteiger partial charge in [0.05, 0.1) is 11.4 Å². The Morgan fingerprint density at radius 1 is 1.10 bits per heavy atom. The van der Waals surface area contributed by atoms with Crippen molar-refractivity contribution in [2.45, 2.75) is 31.0 Å². The van der Waals surface area contributed by atoms with Gasteiger partial charge in [0, 0.05) is 29.0 Å². The maximum atomic E-state index is 12.5. The van der Waals surface area contributed by atoms with Crippen LogP contribution in [0.1, 0.15) is 22.8 Å². The van der Waals surface area contributed by atoms with Gasteiger partial charge in [-0.1, -0.05) is 18.2 Å². The lowest BCUT2D eigenvalue weighted by Crippen LogP contribution is -2.15. The number of nitrogens with one attached hydrogen (secondary N) is 1. The largest absolute Gasteiger partial charge is 0.326 e. The first-order chi connectivity index (χ1) is 14.1. The van der Waals surface area contributed by atoms with Gasteiger partial charge in [0.15, 0.2) is 5.82 Å². The summed E-state index contributed by atoms with van der Waals surface area (Å²) in [7, 11) is 0. The molecule has 0 fully saturated rings. The lowest BCUT2D eigenvalue weighted by Gasteiger charge is -2.06. The van der Waals surface area contributed by atoms with Crippen LogP contribution in [0, 0.1) is 13.8 Å². The molecule has 146 valence electrons. The van der Waals surface area contributed by atoms with Crippen LogP contribution in [0.2, 0.25) is 0 Å². The number of hydrogen-bond donors (Lipinski definition) is 1. The van der Waals surface area contributed by atoms with Gasteiger partial charge in [0.2, 0.25) is 5.91 Å². The van der Waals surface area contributed by atoms with Crippen molar-refractivity contribution in [1.29, 1.82) is 0 Å². The van der Waals surface area contributed by atoms with Crippen molar-refractivity contribution in [2.24, 2.45) is 0 Å². The Hall–Kier alpha value is -3.26. The molecular formula is C21H20N6OS. The summed E-state index contributed by atoms with van der Waals surface area (Å²) < 4.78 is 1.66. The van der Waals surface area contributed by atoms with Crippen LogP contribution < -0.4 is 5.32 Å². The Morgan fingerprint density at radius 2 is 2.00 bits per heavy atom. The highest BCUT2D eigenvalue weighted by molar-refractivity contribution is 7.98. The van der Waals surface area contributed by atoms with E-state index in [0.29, 0.717) is 11.6 Å². The maximum absolute atomic E-state index is 12.5. The van der Waals surface area contributed by atoms with Gasteiger partial charge in [-0.25, -0.2) is 14.5 Å². The number of amides is 1. The monoisotopic (exact) mass is 404 g/mol. The summed E-state index contributed by atoms with van der Waals surface area (Å²) in [4.78, 5) is 25.5. The fourth-order valence-corrected chi connectivity index (χ4v) is 3.76.